The Balaban J connectivity index is 2.58. The summed E-state index contributed by atoms with van der Waals surface area (Å²) >= 11 is 0. The van der Waals surface area contributed by atoms with Gasteiger partial charge < -0.3 is 21.1 Å². The van der Waals surface area contributed by atoms with Crippen LogP contribution in [0.3, 0.4) is 0 Å². The number of amides is 2. The molecule has 1 aliphatic rings. The number of nitrogens with zero attached hydrogens (tertiary/aromatic N) is 1. The highest BCUT2D eigenvalue weighted by Gasteiger charge is 2.50. The lowest BCUT2D eigenvalue weighted by Gasteiger charge is -2.45. The highest BCUT2D eigenvalue weighted by molar-refractivity contribution is 5.96. The molecule has 0 aromatic heterocycles. The van der Waals surface area contributed by atoms with E-state index in [1.165, 1.54) is 12.1 Å². The van der Waals surface area contributed by atoms with Crippen LogP contribution in [-0.4, -0.2) is 54.1 Å². The number of hydrogen-bond donors (Lipinski definition) is 3. The van der Waals surface area contributed by atoms with E-state index in [1.54, 1.807) is 17.9 Å². The molecule has 218 valence electrons. The van der Waals surface area contributed by atoms with Crippen molar-refractivity contribution in [3.63, 3.8) is 0 Å². The van der Waals surface area contributed by atoms with Crippen LogP contribution in [0.15, 0.2) is 41.5 Å². The number of rotatable bonds is 17. The normalized spacial score (nSPS) is 18.7. The van der Waals surface area contributed by atoms with Gasteiger partial charge in [-0.15, -0.1) is 0 Å². The Labute approximate surface area is 232 Å². The predicted molar refractivity (Wildman–Crippen MR) is 152 cm³/mol. The second-order valence-electron chi connectivity index (χ2n) is 10.9. The van der Waals surface area contributed by atoms with Crippen LogP contribution in [0.4, 0.5) is 8.78 Å². The highest BCUT2D eigenvalue weighted by atomic mass is 19.1. The Morgan fingerprint density at radius 1 is 1.05 bits per heavy atom. The zero-order valence-electron chi connectivity index (χ0n) is 24.1. The first kappa shape index (κ1) is 32.6. The molecule has 0 fully saturated rings. The van der Waals surface area contributed by atoms with E-state index >= 15 is 0 Å². The number of carbonyl (C=O) groups is 2. The summed E-state index contributed by atoms with van der Waals surface area (Å²) in [6, 6.07) is 3.27. The topological polar surface area (TPSA) is 95.7 Å². The lowest BCUT2D eigenvalue weighted by atomic mass is 9.63. The molecule has 0 aliphatic heterocycles. The number of carbonyl (C=O) groups excluding carboxylic acids is 2. The van der Waals surface area contributed by atoms with Crippen LogP contribution >= 0.6 is 0 Å². The summed E-state index contributed by atoms with van der Waals surface area (Å²) in [4.78, 5) is 28.6. The second-order valence-corrected chi connectivity index (χ2v) is 10.9. The van der Waals surface area contributed by atoms with Crippen molar-refractivity contribution in [1.29, 1.82) is 0 Å². The minimum atomic E-state index is -1.32. The third-order valence-electron chi connectivity index (χ3n) is 7.42. The van der Waals surface area contributed by atoms with Crippen molar-refractivity contribution in [2.75, 3.05) is 26.2 Å². The number of aliphatic hydroxyl groups excluding tert-OH is 1. The van der Waals surface area contributed by atoms with Crippen molar-refractivity contribution in [2.45, 2.75) is 85.2 Å². The van der Waals surface area contributed by atoms with Gasteiger partial charge in [0.2, 0.25) is 11.8 Å². The number of unbranched alkanes of at least 4 members (excludes halogenated alkanes) is 3. The van der Waals surface area contributed by atoms with Gasteiger partial charge in [0, 0.05) is 37.2 Å². The van der Waals surface area contributed by atoms with Crippen molar-refractivity contribution < 1.29 is 23.5 Å². The lowest BCUT2D eigenvalue weighted by molar-refractivity contribution is -0.145. The quantitative estimate of drug-likeness (QED) is 0.238. The first-order chi connectivity index (χ1) is 18.6. The Hall–Kier alpha value is -2.58. The number of primary amides is 1. The van der Waals surface area contributed by atoms with Gasteiger partial charge in [0.25, 0.3) is 0 Å². The van der Waals surface area contributed by atoms with Gasteiger partial charge in [0.05, 0.1) is 11.5 Å². The van der Waals surface area contributed by atoms with Crippen LogP contribution in [0.5, 0.6) is 0 Å². The van der Waals surface area contributed by atoms with Crippen molar-refractivity contribution in [1.82, 2.24) is 10.2 Å². The SMILES string of the molecule is CCCCCCNC[C@H](O)[C@@H](Cc1cc(F)cc(F)c1)C1(C(=O)N(CCC)CCC)C=C(C)C=C(C(N)=O)C1. The molecule has 0 saturated carbocycles. The standard InChI is InChI=1S/C31H47F2N3O3/c1-5-8-9-10-11-35-21-28(37)27(17-23-15-25(32)18-26(33)16-23)31(30(39)36(12-6-2)13-7-3)19-22(4)14-24(20-31)29(34)38/h14-16,18-19,27-28,35,37H,5-13,17,20-21H2,1-4H3,(H2,34,38)/t27-,28+,31?/m1/s1. The molecule has 2 amide bonds. The predicted octanol–water partition coefficient (Wildman–Crippen LogP) is 5.05. The molecule has 4 N–H and O–H groups in total. The van der Waals surface area contributed by atoms with E-state index in [1.807, 2.05) is 19.9 Å². The Kier molecular flexibility index (Phi) is 13.3. The fourth-order valence-electron chi connectivity index (χ4n) is 5.69. The molecular formula is C31H47F2N3O3. The summed E-state index contributed by atoms with van der Waals surface area (Å²) in [7, 11) is 0. The molecule has 8 heteroatoms. The van der Waals surface area contributed by atoms with Crippen molar-refractivity contribution in [3.05, 3.63) is 58.7 Å². The van der Waals surface area contributed by atoms with Crippen LogP contribution in [0.25, 0.3) is 0 Å². The third-order valence-corrected chi connectivity index (χ3v) is 7.42. The maximum absolute atomic E-state index is 14.5. The average molecular weight is 548 g/mol. The van der Waals surface area contributed by atoms with Crippen molar-refractivity contribution in [2.24, 2.45) is 17.1 Å². The molecule has 1 aliphatic carbocycles. The van der Waals surface area contributed by atoms with E-state index in [4.69, 9.17) is 5.73 Å². The van der Waals surface area contributed by atoms with Crippen LogP contribution in [0.1, 0.15) is 78.2 Å². The van der Waals surface area contributed by atoms with Crippen molar-refractivity contribution in [3.8, 4) is 0 Å². The van der Waals surface area contributed by atoms with Gasteiger partial charge in [-0.3, -0.25) is 9.59 Å². The molecule has 1 aromatic carbocycles. The Morgan fingerprint density at radius 2 is 1.69 bits per heavy atom. The minimum absolute atomic E-state index is 0.0124. The molecule has 0 bridgehead atoms. The largest absolute Gasteiger partial charge is 0.391 e. The zero-order chi connectivity index (χ0) is 29.0. The van der Waals surface area contributed by atoms with Gasteiger partial charge in [0.1, 0.15) is 11.6 Å². The van der Waals surface area contributed by atoms with Gasteiger partial charge >= 0.3 is 0 Å². The number of nitrogens with two attached hydrogens (primary N) is 1. The van der Waals surface area contributed by atoms with Gasteiger partial charge in [-0.25, -0.2) is 8.78 Å². The monoisotopic (exact) mass is 547 g/mol. The van der Waals surface area contributed by atoms with Gasteiger partial charge in [-0.1, -0.05) is 57.8 Å². The van der Waals surface area contributed by atoms with Crippen LogP contribution in [0, 0.1) is 23.0 Å². The van der Waals surface area contributed by atoms with Gasteiger partial charge in [0.15, 0.2) is 0 Å². The molecule has 2 rings (SSSR count). The minimum Gasteiger partial charge on any atom is -0.391 e. The second kappa shape index (κ2) is 15.9. The molecule has 1 unspecified atom stereocenters. The summed E-state index contributed by atoms with van der Waals surface area (Å²) in [5.41, 5.74) is 5.72. The van der Waals surface area contributed by atoms with Gasteiger partial charge in [-0.2, -0.15) is 0 Å². The number of benzene rings is 1. The van der Waals surface area contributed by atoms with E-state index in [-0.39, 0.29) is 25.3 Å². The molecule has 1 aromatic rings. The molecule has 6 nitrogen and oxygen atoms in total. The maximum Gasteiger partial charge on any atom is 0.244 e. The van der Waals surface area contributed by atoms with Crippen LogP contribution in [0.2, 0.25) is 0 Å². The van der Waals surface area contributed by atoms with E-state index < -0.39 is 35.0 Å². The first-order valence-corrected chi connectivity index (χ1v) is 14.4. The fraction of sp³-hybridized carbons (Fsp3) is 0.613. The molecule has 0 spiro atoms. The summed E-state index contributed by atoms with van der Waals surface area (Å²) in [6.07, 6.45) is 8.28. The maximum atomic E-state index is 14.5. The molecule has 3 atom stereocenters. The summed E-state index contributed by atoms with van der Waals surface area (Å²) < 4.78 is 28.4. The fourth-order valence-corrected chi connectivity index (χ4v) is 5.69. The number of hydrogen-bond acceptors (Lipinski definition) is 4. The highest BCUT2D eigenvalue weighted by Crippen LogP contribution is 2.45. The molecule has 0 saturated heterocycles. The number of halogens is 2. The Morgan fingerprint density at radius 3 is 2.26 bits per heavy atom. The molecule has 39 heavy (non-hydrogen) atoms. The average Bonchev–Trinajstić information content (AvgIpc) is 2.87. The third kappa shape index (κ3) is 9.24. The van der Waals surface area contributed by atoms with E-state index in [9.17, 15) is 23.5 Å². The van der Waals surface area contributed by atoms with Crippen LogP contribution in [-0.2, 0) is 16.0 Å². The smallest absolute Gasteiger partial charge is 0.244 e. The Bertz CT molecular complexity index is 1000. The van der Waals surface area contributed by atoms with Gasteiger partial charge in [-0.05, 0) is 63.3 Å². The molecule has 0 heterocycles. The van der Waals surface area contributed by atoms with E-state index in [2.05, 4.69) is 12.2 Å². The lowest BCUT2D eigenvalue weighted by Crippen LogP contribution is -2.54. The number of nitrogens with one attached hydrogen (secondary N) is 1. The first-order valence-electron chi connectivity index (χ1n) is 14.4. The number of allylic oxidation sites excluding steroid dienone is 2. The summed E-state index contributed by atoms with van der Waals surface area (Å²) in [6.45, 7) is 9.86. The summed E-state index contributed by atoms with van der Waals surface area (Å²) in [5.74, 6) is -3.06. The molecule has 0 radical (unpaired) electrons. The zero-order valence-corrected chi connectivity index (χ0v) is 24.1. The summed E-state index contributed by atoms with van der Waals surface area (Å²) in [5, 5.41) is 14.9. The molecular weight excluding hydrogens is 500 g/mol. The van der Waals surface area contributed by atoms with Crippen LogP contribution < -0.4 is 11.1 Å². The van der Waals surface area contributed by atoms with E-state index in [0.29, 0.717) is 36.3 Å². The number of aliphatic hydroxyl groups is 1. The van der Waals surface area contributed by atoms with E-state index in [0.717, 1.165) is 44.6 Å². The van der Waals surface area contributed by atoms with Crippen molar-refractivity contribution >= 4 is 11.8 Å².